The zero-order valence-corrected chi connectivity index (χ0v) is 16.3. The minimum Gasteiger partial charge on any atom is -0.497 e. The summed E-state index contributed by atoms with van der Waals surface area (Å²) in [5.41, 5.74) is 0. The van der Waals surface area contributed by atoms with Crippen LogP contribution in [0.3, 0.4) is 0 Å². The zero-order chi connectivity index (χ0) is 20.9. The summed E-state index contributed by atoms with van der Waals surface area (Å²) in [6.07, 6.45) is -2.40. The molecule has 3 N–H and O–H groups in total. The maximum atomic E-state index is 10.6. The zero-order valence-electron chi connectivity index (χ0n) is 15.5. The number of rotatable bonds is 10. The Kier molecular flexibility index (Phi) is 12.7. The van der Waals surface area contributed by atoms with Gasteiger partial charge in [-0.1, -0.05) is 6.07 Å². The molecule has 1 aromatic carbocycles. The predicted molar refractivity (Wildman–Crippen MR) is 98.7 cm³/mol. The number of hydrogen-bond donors (Lipinski definition) is 3. The Morgan fingerprint density at radius 1 is 1.33 bits per heavy atom. The molecule has 0 saturated heterocycles. The lowest BCUT2D eigenvalue weighted by atomic mass is 10.2. The number of nitrogens with one attached hydrogen (secondary N) is 1. The van der Waals surface area contributed by atoms with Crippen molar-refractivity contribution in [3.05, 3.63) is 24.3 Å². The third kappa shape index (κ3) is 13.2. The van der Waals surface area contributed by atoms with Crippen LogP contribution in [0.2, 0.25) is 0 Å². The third-order valence-electron chi connectivity index (χ3n) is 3.18. The summed E-state index contributed by atoms with van der Waals surface area (Å²) in [6.45, 7) is 2.95. The lowest BCUT2D eigenvalue weighted by Gasteiger charge is -2.17. The number of halogens is 3. The first-order valence-corrected chi connectivity index (χ1v) is 9.46. The van der Waals surface area contributed by atoms with Crippen LogP contribution >= 0.6 is 11.8 Å². The molecule has 6 nitrogen and oxygen atoms in total. The van der Waals surface area contributed by atoms with Crippen LogP contribution in [0.5, 0.6) is 11.5 Å². The Bertz CT molecular complexity index is 546. The Hall–Kier alpha value is -1.65. The van der Waals surface area contributed by atoms with Crippen LogP contribution in [0.1, 0.15) is 13.3 Å². The van der Waals surface area contributed by atoms with Gasteiger partial charge in [0, 0.05) is 18.7 Å². The first-order chi connectivity index (χ1) is 12.6. The van der Waals surface area contributed by atoms with Crippen LogP contribution < -0.4 is 14.8 Å². The molecule has 0 aliphatic heterocycles. The lowest BCUT2D eigenvalue weighted by Crippen LogP contribution is -2.36. The number of aliphatic hydroxyl groups is 1. The Morgan fingerprint density at radius 2 is 1.93 bits per heavy atom. The van der Waals surface area contributed by atoms with Gasteiger partial charge in [0.15, 0.2) is 0 Å². The number of hydrogen-bond acceptors (Lipinski definition) is 6. The predicted octanol–water partition coefficient (Wildman–Crippen LogP) is 2.80. The molecule has 2 unspecified atom stereocenters. The van der Waals surface area contributed by atoms with E-state index < -0.39 is 18.2 Å². The number of aliphatic hydroxyl groups excluding tert-OH is 1. The second kappa shape index (κ2) is 13.5. The summed E-state index contributed by atoms with van der Waals surface area (Å²) in [7, 11) is 1.62. The molecule has 0 fully saturated rings. The smallest absolute Gasteiger partial charge is 0.490 e. The number of carbonyl (C=O) groups is 1. The van der Waals surface area contributed by atoms with Crippen molar-refractivity contribution < 1.29 is 37.7 Å². The molecule has 10 heteroatoms. The largest absolute Gasteiger partial charge is 0.497 e. The van der Waals surface area contributed by atoms with E-state index in [9.17, 15) is 18.3 Å². The van der Waals surface area contributed by atoms with E-state index >= 15 is 0 Å². The van der Waals surface area contributed by atoms with Crippen molar-refractivity contribution in [1.29, 1.82) is 0 Å². The molecule has 0 aliphatic rings. The van der Waals surface area contributed by atoms with Gasteiger partial charge in [-0.15, -0.1) is 0 Å². The second-order valence-electron chi connectivity index (χ2n) is 5.54. The average molecular weight is 413 g/mol. The number of alkyl halides is 3. The fourth-order valence-corrected chi connectivity index (χ4v) is 2.27. The SMILES string of the molecule is COc1cccc(OCC(O)CNC(C)CCSC)c1.O=C(O)C(F)(F)F. The van der Waals surface area contributed by atoms with Gasteiger partial charge in [0.05, 0.1) is 7.11 Å². The second-order valence-corrected chi connectivity index (χ2v) is 6.52. The molecule has 0 aromatic heterocycles. The van der Waals surface area contributed by atoms with Crippen molar-refractivity contribution in [2.75, 3.05) is 32.3 Å². The summed E-state index contributed by atoms with van der Waals surface area (Å²) >= 11 is 1.84. The summed E-state index contributed by atoms with van der Waals surface area (Å²) < 4.78 is 42.4. The van der Waals surface area contributed by atoms with E-state index in [1.54, 1.807) is 13.2 Å². The van der Waals surface area contributed by atoms with E-state index in [0.717, 1.165) is 17.9 Å². The highest BCUT2D eigenvalue weighted by Gasteiger charge is 2.38. The third-order valence-corrected chi connectivity index (χ3v) is 3.83. The normalized spacial score (nSPS) is 13.1. The molecule has 0 heterocycles. The van der Waals surface area contributed by atoms with Gasteiger partial charge in [-0.2, -0.15) is 24.9 Å². The number of methoxy groups -OCH3 is 1. The van der Waals surface area contributed by atoms with Crippen molar-refractivity contribution >= 4 is 17.7 Å². The molecule has 1 rings (SSSR count). The van der Waals surface area contributed by atoms with Gasteiger partial charge in [-0.25, -0.2) is 4.79 Å². The highest BCUT2D eigenvalue weighted by atomic mass is 32.2. The monoisotopic (exact) mass is 413 g/mol. The molecule has 0 saturated carbocycles. The van der Waals surface area contributed by atoms with Crippen molar-refractivity contribution in [3.8, 4) is 11.5 Å². The van der Waals surface area contributed by atoms with Gasteiger partial charge in [-0.3, -0.25) is 0 Å². The quantitative estimate of drug-likeness (QED) is 0.544. The fourth-order valence-electron chi connectivity index (χ4n) is 1.68. The molecule has 1 aromatic rings. The van der Waals surface area contributed by atoms with Gasteiger partial charge < -0.3 is 25.0 Å². The number of thioether (sulfide) groups is 1. The Balaban J connectivity index is 0.000000821. The highest BCUT2D eigenvalue weighted by Crippen LogP contribution is 2.18. The van der Waals surface area contributed by atoms with Crippen LogP contribution in [0.15, 0.2) is 24.3 Å². The summed E-state index contributed by atoms with van der Waals surface area (Å²) in [5.74, 6) is -0.169. The minimum atomic E-state index is -5.08. The van der Waals surface area contributed by atoms with Crippen LogP contribution in [0, 0.1) is 0 Å². The van der Waals surface area contributed by atoms with Crippen LogP contribution in [-0.4, -0.2) is 66.8 Å². The van der Waals surface area contributed by atoms with Crippen molar-refractivity contribution in [3.63, 3.8) is 0 Å². The molecule has 0 aliphatic carbocycles. The van der Waals surface area contributed by atoms with Gasteiger partial charge in [0.2, 0.25) is 0 Å². The molecule has 0 spiro atoms. The molecule has 156 valence electrons. The van der Waals surface area contributed by atoms with Gasteiger partial charge >= 0.3 is 12.1 Å². The van der Waals surface area contributed by atoms with Crippen LogP contribution in [-0.2, 0) is 4.79 Å². The number of benzene rings is 1. The van der Waals surface area contributed by atoms with Crippen molar-refractivity contribution in [2.45, 2.75) is 31.7 Å². The molecule has 2 atom stereocenters. The van der Waals surface area contributed by atoms with Crippen LogP contribution in [0.4, 0.5) is 13.2 Å². The molecular formula is C17H26F3NO5S. The molecule has 0 amide bonds. The standard InChI is InChI=1S/C15H25NO3S.C2HF3O2/c1-12(7-8-20-3)16-10-13(17)11-19-15-6-4-5-14(9-15)18-2;3-2(4,5)1(6)7/h4-6,9,12-13,16-17H,7-8,10-11H2,1-3H3;(H,6,7). The van der Waals surface area contributed by atoms with E-state index in [-0.39, 0.29) is 6.61 Å². The molecular weight excluding hydrogens is 387 g/mol. The first-order valence-electron chi connectivity index (χ1n) is 8.07. The minimum absolute atomic E-state index is 0.273. The van der Waals surface area contributed by atoms with E-state index in [0.29, 0.717) is 18.3 Å². The van der Waals surface area contributed by atoms with Crippen molar-refractivity contribution in [2.24, 2.45) is 0 Å². The first kappa shape index (κ1) is 25.4. The summed E-state index contributed by atoms with van der Waals surface area (Å²) in [5, 5.41) is 20.3. The Morgan fingerprint density at radius 3 is 2.44 bits per heavy atom. The molecule has 0 radical (unpaired) electrons. The Labute approximate surface area is 161 Å². The fraction of sp³-hybridized carbons (Fsp3) is 0.588. The highest BCUT2D eigenvalue weighted by molar-refractivity contribution is 7.98. The number of carboxylic acids is 1. The maximum absolute atomic E-state index is 10.6. The van der Waals surface area contributed by atoms with E-state index in [1.165, 1.54) is 0 Å². The van der Waals surface area contributed by atoms with Gasteiger partial charge in [0.25, 0.3) is 0 Å². The number of aliphatic carboxylic acids is 1. The van der Waals surface area contributed by atoms with Gasteiger partial charge in [-0.05, 0) is 37.5 Å². The van der Waals surface area contributed by atoms with Crippen LogP contribution in [0.25, 0.3) is 0 Å². The van der Waals surface area contributed by atoms with E-state index in [2.05, 4.69) is 18.5 Å². The van der Waals surface area contributed by atoms with E-state index in [4.69, 9.17) is 19.4 Å². The van der Waals surface area contributed by atoms with E-state index in [1.807, 2.05) is 30.0 Å². The molecule has 27 heavy (non-hydrogen) atoms. The summed E-state index contributed by atoms with van der Waals surface area (Å²) in [4.78, 5) is 8.90. The lowest BCUT2D eigenvalue weighted by molar-refractivity contribution is -0.192. The summed E-state index contributed by atoms with van der Waals surface area (Å²) in [6, 6.07) is 7.79. The van der Waals surface area contributed by atoms with Crippen molar-refractivity contribution in [1.82, 2.24) is 5.32 Å². The average Bonchev–Trinajstić information content (AvgIpc) is 2.62. The topological polar surface area (TPSA) is 88.0 Å². The maximum Gasteiger partial charge on any atom is 0.490 e. The number of carboxylic acid groups (broad SMARTS) is 1. The number of ether oxygens (including phenoxy) is 2. The molecule has 0 bridgehead atoms. The van der Waals surface area contributed by atoms with Gasteiger partial charge in [0.1, 0.15) is 24.2 Å².